The summed E-state index contributed by atoms with van der Waals surface area (Å²) in [4.78, 5) is 12.5. The molecule has 1 aromatic rings. The Morgan fingerprint density at radius 1 is 1.30 bits per heavy atom. The number of likely N-dealkylation sites (tertiary alicyclic amines) is 1. The molecular formula is C14H19F2N3O3S. The van der Waals surface area contributed by atoms with Crippen LogP contribution in [0.3, 0.4) is 0 Å². The summed E-state index contributed by atoms with van der Waals surface area (Å²) >= 11 is 0. The summed E-state index contributed by atoms with van der Waals surface area (Å²) in [5.74, 6) is -1.91. The van der Waals surface area contributed by atoms with E-state index < -0.39 is 26.6 Å². The lowest BCUT2D eigenvalue weighted by Gasteiger charge is -2.31. The molecule has 1 fully saturated rings. The van der Waals surface area contributed by atoms with E-state index in [1.165, 1.54) is 0 Å². The molecule has 1 amide bonds. The minimum absolute atomic E-state index is 0.106. The number of carbonyl (C=O) groups excluding carboxylic acids is 1. The topological polar surface area (TPSA) is 78.5 Å². The molecule has 1 aliphatic heterocycles. The maximum Gasteiger partial charge on any atom is 0.243 e. The van der Waals surface area contributed by atoms with Crippen molar-refractivity contribution in [1.29, 1.82) is 0 Å². The summed E-state index contributed by atoms with van der Waals surface area (Å²) in [6.45, 7) is 1.35. The second kappa shape index (κ2) is 7.33. The van der Waals surface area contributed by atoms with E-state index in [0.717, 1.165) is 12.1 Å². The Labute approximate surface area is 133 Å². The average Bonchev–Trinajstić information content (AvgIpc) is 2.51. The van der Waals surface area contributed by atoms with Gasteiger partial charge >= 0.3 is 0 Å². The zero-order chi connectivity index (χ0) is 17.0. The first-order valence-corrected chi connectivity index (χ1v) is 8.70. The van der Waals surface area contributed by atoms with Crippen molar-refractivity contribution < 1.29 is 22.0 Å². The lowest BCUT2D eigenvalue weighted by molar-refractivity contribution is -0.122. The molecule has 0 spiro atoms. The largest absolute Gasteiger partial charge is 0.358 e. The number of nitrogens with zero attached hydrogens (tertiary/aromatic N) is 1. The number of nitrogens with one attached hydrogen (secondary N) is 2. The maximum absolute atomic E-state index is 13.6. The molecule has 0 radical (unpaired) electrons. The van der Waals surface area contributed by atoms with Crippen LogP contribution in [0.1, 0.15) is 12.8 Å². The van der Waals surface area contributed by atoms with Crippen molar-refractivity contribution >= 4 is 15.9 Å². The first-order chi connectivity index (χ1) is 10.8. The normalized spacial score (nSPS) is 17.2. The van der Waals surface area contributed by atoms with Gasteiger partial charge in [0.05, 0.1) is 6.54 Å². The van der Waals surface area contributed by atoms with Crippen LogP contribution in [0.2, 0.25) is 0 Å². The van der Waals surface area contributed by atoms with Crippen LogP contribution in [-0.2, 0) is 14.8 Å². The number of halogens is 2. The minimum Gasteiger partial charge on any atom is -0.358 e. The van der Waals surface area contributed by atoms with Crippen molar-refractivity contribution in [2.24, 2.45) is 0 Å². The smallest absolute Gasteiger partial charge is 0.243 e. The molecule has 9 heteroatoms. The molecule has 0 bridgehead atoms. The van der Waals surface area contributed by atoms with E-state index in [2.05, 4.69) is 10.0 Å². The van der Waals surface area contributed by atoms with Gasteiger partial charge in [0.2, 0.25) is 15.9 Å². The Kier molecular flexibility index (Phi) is 5.66. The summed E-state index contributed by atoms with van der Waals surface area (Å²) in [6, 6.07) is 1.95. The van der Waals surface area contributed by atoms with Crippen LogP contribution in [0.15, 0.2) is 23.1 Å². The molecule has 0 aromatic heterocycles. The highest BCUT2D eigenvalue weighted by Gasteiger charge is 2.27. The highest BCUT2D eigenvalue weighted by Crippen LogP contribution is 2.18. The van der Waals surface area contributed by atoms with E-state index in [1.807, 2.05) is 4.90 Å². The van der Waals surface area contributed by atoms with Crippen molar-refractivity contribution in [2.45, 2.75) is 23.8 Å². The number of benzene rings is 1. The number of carbonyl (C=O) groups is 1. The van der Waals surface area contributed by atoms with Crippen LogP contribution in [-0.4, -0.2) is 51.9 Å². The third kappa shape index (κ3) is 4.69. The van der Waals surface area contributed by atoms with Gasteiger partial charge in [-0.2, -0.15) is 0 Å². The van der Waals surface area contributed by atoms with Crippen molar-refractivity contribution in [3.8, 4) is 0 Å². The monoisotopic (exact) mass is 347 g/mol. The van der Waals surface area contributed by atoms with Gasteiger partial charge in [-0.05, 0) is 31.0 Å². The van der Waals surface area contributed by atoms with Crippen molar-refractivity contribution in [3.05, 3.63) is 29.8 Å². The molecule has 0 aliphatic carbocycles. The highest BCUT2D eigenvalue weighted by molar-refractivity contribution is 7.89. The lowest BCUT2D eigenvalue weighted by Crippen LogP contribution is -2.47. The highest BCUT2D eigenvalue weighted by atomic mass is 32.2. The number of rotatable bonds is 5. The lowest BCUT2D eigenvalue weighted by atomic mass is 10.1. The molecular weight excluding hydrogens is 328 g/mol. The second-order valence-corrected chi connectivity index (χ2v) is 7.10. The zero-order valence-corrected chi connectivity index (χ0v) is 13.5. The molecule has 6 nitrogen and oxygen atoms in total. The van der Waals surface area contributed by atoms with Gasteiger partial charge in [0, 0.05) is 26.2 Å². The number of sulfonamides is 1. The van der Waals surface area contributed by atoms with Crippen LogP contribution in [0.25, 0.3) is 0 Å². The summed E-state index contributed by atoms with van der Waals surface area (Å²) < 4.78 is 53.6. The Hall–Kier alpha value is -1.58. The fourth-order valence-electron chi connectivity index (χ4n) is 2.46. The molecule has 128 valence electrons. The summed E-state index contributed by atoms with van der Waals surface area (Å²) in [6.07, 6.45) is 0.986. The zero-order valence-electron chi connectivity index (χ0n) is 12.7. The first kappa shape index (κ1) is 17.8. The van der Waals surface area contributed by atoms with Crippen LogP contribution in [0, 0.1) is 11.6 Å². The fourth-order valence-corrected chi connectivity index (χ4v) is 3.85. The van der Waals surface area contributed by atoms with Crippen molar-refractivity contribution in [3.63, 3.8) is 0 Å². The van der Waals surface area contributed by atoms with Gasteiger partial charge in [0.25, 0.3) is 0 Å². The van der Waals surface area contributed by atoms with Gasteiger partial charge in [-0.15, -0.1) is 0 Å². The number of hydrogen-bond acceptors (Lipinski definition) is 4. The van der Waals surface area contributed by atoms with Gasteiger partial charge in [-0.1, -0.05) is 0 Å². The standard InChI is InChI=1S/C14H19F2N3O3S/c1-17-14(20)9-19-6-4-11(5-7-19)18-23(21,22)13-8-10(15)2-3-12(13)16/h2-3,8,11,18H,4-7,9H2,1H3,(H,17,20). The molecule has 2 rings (SSSR count). The third-order valence-electron chi connectivity index (χ3n) is 3.74. The van der Waals surface area contributed by atoms with Gasteiger partial charge in [0.15, 0.2) is 0 Å². The SMILES string of the molecule is CNC(=O)CN1CCC(NS(=O)(=O)c2cc(F)ccc2F)CC1. The number of piperidine rings is 1. The molecule has 2 N–H and O–H groups in total. The predicted molar refractivity (Wildman–Crippen MR) is 80.2 cm³/mol. The van der Waals surface area contributed by atoms with Gasteiger partial charge in [0.1, 0.15) is 16.5 Å². The molecule has 1 heterocycles. The average molecular weight is 347 g/mol. The summed E-state index contributed by atoms with van der Waals surface area (Å²) in [7, 11) is -2.57. The van der Waals surface area contributed by atoms with Gasteiger partial charge in [-0.25, -0.2) is 21.9 Å². The van der Waals surface area contributed by atoms with E-state index in [-0.39, 0.29) is 18.5 Å². The number of hydrogen-bond donors (Lipinski definition) is 2. The molecule has 0 saturated carbocycles. The predicted octanol–water partition coefficient (Wildman–Crippen LogP) is 0.453. The summed E-state index contributed by atoms with van der Waals surface area (Å²) in [5, 5.41) is 2.53. The van der Waals surface area contributed by atoms with Crippen LogP contribution >= 0.6 is 0 Å². The minimum atomic E-state index is -4.12. The molecule has 1 saturated heterocycles. The van der Waals surface area contributed by atoms with Crippen LogP contribution in [0.5, 0.6) is 0 Å². The third-order valence-corrected chi connectivity index (χ3v) is 5.27. The van der Waals surface area contributed by atoms with E-state index in [0.29, 0.717) is 32.0 Å². The molecule has 0 atom stereocenters. The Bertz CT molecular complexity index is 674. The maximum atomic E-state index is 13.6. The fraction of sp³-hybridized carbons (Fsp3) is 0.500. The van der Waals surface area contributed by atoms with Crippen LogP contribution < -0.4 is 10.0 Å². The molecule has 1 aliphatic rings. The first-order valence-electron chi connectivity index (χ1n) is 7.22. The quantitative estimate of drug-likeness (QED) is 0.811. The molecule has 23 heavy (non-hydrogen) atoms. The van der Waals surface area contributed by atoms with E-state index in [4.69, 9.17) is 0 Å². The second-order valence-electron chi connectivity index (χ2n) is 5.42. The van der Waals surface area contributed by atoms with E-state index >= 15 is 0 Å². The number of amides is 1. The van der Waals surface area contributed by atoms with Crippen LogP contribution in [0.4, 0.5) is 8.78 Å². The van der Waals surface area contributed by atoms with Gasteiger partial charge in [-0.3, -0.25) is 9.69 Å². The van der Waals surface area contributed by atoms with Gasteiger partial charge < -0.3 is 5.32 Å². The van der Waals surface area contributed by atoms with E-state index in [9.17, 15) is 22.0 Å². The Balaban J connectivity index is 1.98. The molecule has 1 aromatic carbocycles. The molecule has 0 unspecified atom stereocenters. The Morgan fingerprint density at radius 2 is 1.96 bits per heavy atom. The number of likely N-dealkylation sites (N-methyl/N-ethyl adjacent to an activating group) is 1. The van der Waals surface area contributed by atoms with Crippen molar-refractivity contribution in [1.82, 2.24) is 14.9 Å². The summed E-state index contributed by atoms with van der Waals surface area (Å²) in [5.41, 5.74) is 0. The van der Waals surface area contributed by atoms with Crippen molar-refractivity contribution in [2.75, 3.05) is 26.7 Å². The Morgan fingerprint density at radius 3 is 2.57 bits per heavy atom. The van der Waals surface area contributed by atoms with E-state index in [1.54, 1.807) is 7.05 Å².